The molecule has 3 rings (SSSR count). The van der Waals surface area contributed by atoms with Crippen LogP contribution in [0.15, 0.2) is 59.7 Å². The fourth-order valence-corrected chi connectivity index (χ4v) is 3.37. The Hall–Kier alpha value is -3.19. The van der Waals surface area contributed by atoms with Crippen molar-refractivity contribution in [1.29, 1.82) is 0 Å². The second kappa shape index (κ2) is 9.14. The quantitative estimate of drug-likeness (QED) is 0.271. The van der Waals surface area contributed by atoms with Gasteiger partial charge in [-0.2, -0.15) is 5.10 Å². The summed E-state index contributed by atoms with van der Waals surface area (Å²) < 4.78 is 0. The van der Waals surface area contributed by atoms with E-state index in [1.165, 1.54) is 11.3 Å². The van der Waals surface area contributed by atoms with Gasteiger partial charge in [-0.05, 0) is 36.9 Å². The van der Waals surface area contributed by atoms with Gasteiger partial charge in [-0.1, -0.05) is 24.3 Å². The highest BCUT2D eigenvalue weighted by atomic mass is 16.3. The molecule has 0 spiro atoms. The fraction of sp³-hybridized carbons (Fsp3) is 0.286. The summed E-state index contributed by atoms with van der Waals surface area (Å²) in [4.78, 5) is 4.46. The monoisotopic (exact) mass is 380 g/mol. The molecule has 1 aliphatic heterocycles. The lowest BCUT2D eigenvalue weighted by Gasteiger charge is -2.37. The SMILES string of the molecule is CNCc1ccc(N2CCN(C(/C=C(\N)c3ccccc3O)=N/N)CC2)cc1. The van der Waals surface area contributed by atoms with Gasteiger partial charge in [0.25, 0.3) is 0 Å². The maximum atomic E-state index is 9.97. The van der Waals surface area contributed by atoms with E-state index in [2.05, 4.69) is 44.5 Å². The van der Waals surface area contributed by atoms with Crippen molar-refractivity contribution in [3.63, 3.8) is 0 Å². The van der Waals surface area contributed by atoms with E-state index in [1.54, 1.807) is 24.3 Å². The second-order valence-corrected chi connectivity index (χ2v) is 6.78. The van der Waals surface area contributed by atoms with Crippen LogP contribution in [0.2, 0.25) is 0 Å². The number of phenolic OH excluding ortho intramolecular Hbond substituents is 1. The molecule has 0 aliphatic carbocycles. The first kappa shape index (κ1) is 19.6. The van der Waals surface area contributed by atoms with E-state index in [-0.39, 0.29) is 5.75 Å². The summed E-state index contributed by atoms with van der Waals surface area (Å²) in [6.45, 7) is 4.19. The Balaban J connectivity index is 1.64. The predicted molar refractivity (Wildman–Crippen MR) is 115 cm³/mol. The lowest BCUT2D eigenvalue weighted by atomic mass is 10.1. The molecular weight excluding hydrogens is 352 g/mol. The van der Waals surface area contributed by atoms with Crippen LogP contribution in [-0.2, 0) is 6.54 Å². The maximum absolute atomic E-state index is 9.97. The van der Waals surface area contributed by atoms with Crippen molar-refractivity contribution in [3.8, 4) is 5.75 Å². The molecule has 2 aromatic carbocycles. The van der Waals surface area contributed by atoms with Crippen molar-refractivity contribution in [2.45, 2.75) is 6.54 Å². The maximum Gasteiger partial charge on any atom is 0.150 e. The fourth-order valence-electron chi connectivity index (χ4n) is 3.37. The third-order valence-corrected chi connectivity index (χ3v) is 4.92. The van der Waals surface area contributed by atoms with E-state index in [0.29, 0.717) is 17.1 Å². The number of benzene rings is 2. The first-order valence-corrected chi connectivity index (χ1v) is 9.39. The van der Waals surface area contributed by atoms with Crippen LogP contribution >= 0.6 is 0 Å². The number of nitrogens with one attached hydrogen (secondary N) is 1. The number of hydrogen-bond acceptors (Lipinski definition) is 6. The number of anilines is 1. The van der Waals surface area contributed by atoms with Crippen molar-refractivity contribution in [1.82, 2.24) is 10.2 Å². The molecule has 0 atom stereocenters. The predicted octanol–water partition coefficient (Wildman–Crippen LogP) is 1.51. The molecule has 0 amide bonds. The number of phenols is 1. The van der Waals surface area contributed by atoms with Gasteiger partial charge in [0.2, 0.25) is 0 Å². The molecule has 0 aromatic heterocycles. The zero-order chi connectivity index (χ0) is 19.9. The van der Waals surface area contributed by atoms with Gasteiger partial charge in [-0.15, -0.1) is 0 Å². The number of piperazine rings is 1. The van der Waals surface area contributed by atoms with Crippen LogP contribution in [0, 0.1) is 0 Å². The van der Waals surface area contributed by atoms with E-state index in [1.807, 2.05) is 13.1 Å². The van der Waals surface area contributed by atoms with Gasteiger partial charge in [0.05, 0.1) is 0 Å². The molecule has 1 saturated heterocycles. The van der Waals surface area contributed by atoms with E-state index in [0.717, 1.165) is 32.7 Å². The highest BCUT2D eigenvalue weighted by Gasteiger charge is 2.19. The molecule has 7 nitrogen and oxygen atoms in total. The van der Waals surface area contributed by atoms with Gasteiger partial charge in [0.15, 0.2) is 0 Å². The highest BCUT2D eigenvalue weighted by molar-refractivity contribution is 5.99. The first-order valence-electron chi connectivity index (χ1n) is 9.39. The van der Waals surface area contributed by atoms with Crippen molar-refractivity contribution in [2.75, 3.05) is 38.1 Å². The Morgan fingerprint density at radius 3 is 2.39 bits per heavy atom. The molecule has 1 fully saturated rings. The normalized spacial score (nSPS) is 15.8. The molecule has 0 bridgehead atoms. The lowest BCUT2D eigenvalue weighted by molar-refractivity contribution is 0.386. The van der Waals surface area contributed by atoms with E-state index in [9.17, 15) is 5.11 Å². The van der Waals surface area contributed by atoms with Gasteiger partial charge in [-0.3, -0.25) is 0 Å². The van der Waals surface area contributed by atoms with Crippen molar-refractivity contribution in [2.24, 2.45) is 16.7 Å². The molecule has 1 aliphatic rings. The molecule has 2 aromatic rings. The number of para-hydroxylation sites is 1. The summed E-state index contributed by atoms with van der Waals surface area (Å²) in [7, 11) is 1.95. The summed E-state index contributed by atoms with van der Waals surface area (Å²) in [5.74, 6) is 6.38. The van der Waals surface area contributed by atoms with Crippen LogP contribution in [0.5, 0.6) is 5.75 Å². The topological polar surface area (TPSA) is 103 Å². The molecule has 6 N–H and O–H groups in total. The minimum Gasteiger partial charge on any atom is -0.507 e. The van der Waals surface area contributed by atoms with Gasteiger partial charge < -0.3 is 31.8 Å². The molecule has 1 heterocycles. The van der Waals surface area contributed by atoms with Crippen LogP contribution < -0.4 is 21.8 Å². The minimum absolute atomic E-state index is 0.138. The molecule has 148 valence electrons. The molecule has 0 saturated carbocycles. The van der Waals surface area contributed by atoms with Crippen LogP contribution in [0.25, 0.3) is 5.70 Å². The van der Waals surface area contributed by atoms with Gasteiger partial charge >= 0.3 is 0 Å². The number of hydrazone groups is 1. The average Bonchev–Trinajstić information content (AvgIpc) is 2.73. The van der Waals surface area contributed by atoms with Crippen LogP contribution in [0.4, 0.5) is 5.69 Å². The zero-order valence-corrected chi connectivity index (χ0v) is 16.2. The molecular formula is C21H28N6O. The summed E-state index contributed by atoms with van der Waals surface area (Å²) >= 11 is 0. The lowest BCUT2D eigenvalue weighted by Crippen LogP contribution is -2.48. The third-order valence-electron chi connectivity index (χ3n) is 4.92. The molecule has 0 unspecified atom stereocenters. The summed E-state index contributed by atoms with van der Waals surface area (Å²) in [6.07, 6.45) is 1.72. The molecule has 28 heavy (non-hydrogen) atoms. The Morgan fingerprint density at radius 1 is 1.11 bits per heavy atom. The number of hydrogen-bond donors (Lipinski definition) is 4. The molecule has 7 heteroatoms. The largest absolute Gasteiger partial charge is 0.507 e. The molecule has 0 radical (unpaired) electrons. The number of rotatable bonds is 5. The average molecular weight is 380 g/mol. The Bertz CT molecular complexity index is 838. The number of nitrogens with zero attached hydrogens (tertiary/aromatic N) is 3. The summed E-state index contributed by atoms with van der Waals surface area (Å²) in [5, 5.41) is 17.1. The standard InChI is InChI=1S/C21H28N6O/c1-24-15-16-6-8-17(9-7-16)26-10-12-27(13-11-26)21(25-23)14-19(22)18-4-2-3-5-20(18)28/h2-9,14,24,28H,10-13,15,22-23H2,1H3/b19-14-,25-21+. The van der Waals surface area contributed by atoms with Crippen LogP contribution in [0.3, 0.4) is 0 Å². The van der Waals surface area contributed by atoms with Crippen molar-refractivity contribution >= 4 is 17.2 Å². The van der Waals surface area contributed by atoms with E-state index < -0.39 is 0 Å². The van der Waals surface area contributed by atoms with E-state index >= 15 is 0 Å². The Morgan fingerprint density at radius 2 is 1.79 bits per heavy atom. The smallest absolute Gasteiger partial charge is 0.150 e. The van der Waals surface area contributed by atoms with Crippen LogP contribution in [-0.4, -0.2) is 49.1 Å². The summed E-state index contributed by atoms with van der Waals surface area (Å²) in [6, 6.07) is 15.6. The third kappa shape index (κ3) is 4.55. The van der Waals surface area contributed by atoms with Crippen molar-refractivity contribution in [3.05, 3.63) is 65.7 Å². The summed E-state index contributed by atoms with van der Waals surface area (Å²) in [5.41, 5.74) is 9.65. The highest BCUT2D eigenvalue weighted by Crippen LogP contribution is 2.22. The number of aromatic hydroxyl groups is 1. The Labute approximate surface area is 165 Å². The number of amidine groups is 1. The minimum atomic E-state index is 0.138. The Kier molecular flexibility index (Phi) is 6.39. The van der Waals surface area contributed by atoms with Crippen LogP contribution in [0.1, 0.15) is 11.1 Å². The van der Waals surface area contributed by atoms with Gasteiger partial charge in [-0.25, -0.2) is 0 Å². The van der Waals surface area contributed by atoms with Gasteiger partial charge in [0, 0.05) is 55.7 Å². The number of nitrogens with two attached hydrogens (primary N) is 2. The second-order valence-electron chi connectivity index (χ2n) is 6.78. The van der Waals surface area contributed by atoms with Gasteiger partial charge in [0.1, 0.15) is 11.6 Å². The van der Waals surface area contributed by atoms with E-state index in [4.69, 9.17) is 11.6 Å². The van der Waals surface area contributed by atoms with Crippen molar-refractivity contribution < 1.29 is 5.11 Å². The zero-order valence-electron chi connectivity index (χ0n) is 16.2. The first-order chi connectivity index (χ1) is 13.6.